The fraction of sp³-hybridized carbons (Fsp3) is 0.107. The van der Waals surface area contributed by atoms with Crippen LogP contribution in [0.25, 0.3) is 21.7 Å². The minimum absolute atomic E-state index is 0. The van der Waals surface area contributed by atoms with Crippen LogP contribution in [0.5, 0.6) is 5.75 Å². The first-order valence-corrected chi connectivity index (χ1v) is 12.1. The van der Waals surface area contributed by atoms with Crippen LogP contribution in [0.15, 0.2) is 90.1 Å². The van der Waals surface area contributed by atoms with Gasteiger partial charge in [0.25, 0.3) is 5.91 Å². The van der Waals surface area contributed by atoms with E-state index in [-0.39, 0.29) is 18.3 Å². The molecule has 0 saturated carbocycles. The predicted molar refractivity (Wildman–Crippen MR) is 146 cm³/mol. The number of hydrogen-bond acceptors (Lipinski definition) is 5. The van der Waals surface area contributed by atoms with Crippen LogP contribution < -0.4 is 10.1 Å². The molecule has 5 rings (SSSR count). The molecule has 7 heteroatoms. The number of thioether (sulfide) groups is 1. The zero-order chi connectivity index (χ0) is 23.5. The molecule has 0 unspecified atom stereocenters. The second kappa shape index (κ2) is 10.8. The number of anilines is 1. The van der Waals surface area contributed by atoms with Crippen LogP contribution in [-0.2, 0) is 6.61 Å². The molecular formula is C28H24ClN3O2S. The normalized spacial score (nSPS) is 10.7. The quantitative estimate of drug-likeness (QED) is 0.252. The molecular weight excluding hydrogens is 478 g/mol. The Labute approximate surface area is 214 Å². The summed E-state index contributed by atoms with van der Waals surface area (Å²) < 4.78 is 6.01. The van der Waals surface area contributed by atoms with Gasteiger partial charge in [0, 0.05) is 50.6 Å². The molecule has 0 radical (unpaired) electrons. The van der Waals surface area contributed by atoms with Crippen molar-refractivity contribution in [1.29, 1.82) is 0 Å². The largest absolute Gasteiger partial charge is 0.489 e. The summed E-state index contributed by atoms with van der Waals surface area (Å²) in [6.45, 7) is 2.36. The van der Waals surface area contributed by atoms with Crippen LogP contribution in [0, 0.1) is 6.92 Å². The Morgan fingerprint density at radius 1 is 0.971 bits per heavy atom. The third kappa shape index (κ3) is 5.39. The zero-order valence-electron chi connectivity index (χ0n) is 19.3. The number of aromatic nitrogens is 2. The van der Waals surface area contributed by atoms with Gasteiger partial charge in [0.1, 0.15) is 12.4 Å². The lowest BCUT2D eigenvalue weighted by molar-refractivity contribution is 0.102. The van der Waals surface area contributed by atoms with Crippen LogP contribution in [0.4, 0.5) is 5.69 Å². The topological polar surface area (TPSA) is 64.1 Å². The van der Waals surface area contributed by atoms with E-state index < -0.39 is 0 Å². The highest BCUT2D eigenvalue weighted by atomic mass is 35.5. The van der Waals surface area contributed by atoms with Crippen LogP contribution in [0.2, 0.25) is 0 Å². The Bertz CT molecular complexity index is 1520. The van der Waals surface area contributed by atoms with E-state index in [1.165, 1.54) is 0 Å². The Morgan fingerprint density at radius 2 is 1.83 bits per heavy atom. The van der Waals surface area contributed by atoms with E-state index in [2.05, 4.69) is 27.4 Å². The Kier molecular flexibility index (Phi) is 7.54. The number of ether oxygens (including phenoxy) is 1. The second-order valence-corrected chi connectivity index (χ2v) is 8.84. The molecule has 0 bridgehead atoms. The molecule has 0 saturated heterocycles. The third-order valence-corrected chi connectivity index (χ3v) is 6.40. The highest BCUT2D eigenvalue weighted by molar-refractivity contribution is 7.98. The van der Waals surface area contributed by atoms with Crippen molar-refractivity contribution in [3.8, 4) is 5.75 Å². The number of hydrogen-bond donors (Lipinski definition) is 1. The lowest BCUT2D eigenvalue weighted by Crippen LogP contribution is -2.12. The van der Waals surface area contributed by atoms with Crippen LogP contribution in [0.1, 0.15) is 21.6 Å². The van der Waals surface area contributed by atoms with Gasteiger partial charge < -0.3 is 10.1 Å². The van der Waals surface area contributed by atoms with Gasteiger partial charge >= 0.3 is 0 Å². The summed E-state index contributed by atoms with van der Waals surface area (Å²) in [5.74, 6) is 0.436. The molecule has 0 spiro atoms. The van der Waals surface area contributed by atoms with Gasteiger partial charge in [-0.1, -0.05) is 30.3 Å². The summed E-state index contributed by atoms with van der Waals surface area (Å²) in [5, 5.41) is 6.20. The van der Waals surface area contributed by atoms with E-state index in [1.54, 1.807) is 23.9 Å². The van der Waals surface area contributed by atoms with E-state index in [1.807, 2.05) is 74.1 Å². The number of amides is 1. The van der Waals surface area contributed by atoms with Crippen molar-refractivity contribution in [2.45, 2.75) is 18.4 Å². The number of pyridine rings is 2. The van der Waals surface area contributed by atoms with Gasteiger partial charge in [0.2, 0.25) is 0 Å². The first-order chi connectivity index (χ1) is 16.6. The molecule has 2 aromatic heterocycles. The summed E-state index contributed by atoms with van der Waals surface area (Å²) in [6, 6.07) is 23.1. The average Bonchev–Trinajstić information content (AvgIpc) is 2.87. The summed E-state index contributed by atoms with van der Waals surface area (Å²) in [4.78, 5) is 23.0. The molecule has 0 atom stereocenters. The molecule has 1 N–H and O–H groups in total. The molecule has 176 valence electrons. The molecule has 0 aliphatic rings. The van der Waals surface area contributed by atoms with Gasteiger partial charge in [-0.25, -0.2) is 0 Å². The van der Waals surface area contributed by atoms with E-state index >= 15 is 0 Å². The fourth-order valence-corrected chi connectivity index (χ4v) is 4.62. The maximum Gasteiger partial charge on any atom is 0.255 e. The second-order valence-electron chi connectivity index (χ2n) is 7.99. The van der Waals surface area contributed by atoms with E-state index in [0.29, 0.717) is 17.9 Å². The molecule has 0 fully saturated rings. The molecule has 5 aromatic rings. The van der Waals surface area contributed by atoms with Gasteiger partial charge in [-0.05, 0) is 61.0 Å². The molecule has 3 aromatic carbocycles. The minimum atomic E-state index is -0.192. The first-order valence-electron chi connectivity index (χ1n) is 10.9. The van der Waals surface area contributed by atoms with Crippen molar-refractivity contribution in [3.63, 3.8) is 0 Å². The summed E-state index contributed by atoms with van der Waals surface area (Å²) >= 11 is 1.67. The van der Waals surface area contributed by atoms with E-state index in [4.69, 9.17) is 4.74 Å². The minimum Gasteiger partial charge on any atom is -0.489 e. The highest BCUT2D eigenvalue weighted by Crippen LogP contribution is 2.29. The molecule has 1 amide bonds. The summed E-state index contributed by atoms with van der Waals surface area (Å²) in [5.41, 5.74) is 4.15. The van der Waals surface area contributed by atoms with Crippen LogP contribution >= 0.6 is 24.2 Å². The third-order valence-electron chi connectivity index (χ3n) is 5.62. The zero-order valence-corrected chi connectivity index (χ0v) is 21.0. The van der Waals surface area contributed by atoms with Crippen LogP contribution in [0.3, 0.4) is 0 Å². The fourth-order valence-electron chi connectivity index (χ4n) is 3.95. The molecule has 2 heterocycles. The highest BCUT2D eigenvalue weighted by Gasteiger charge is 2.10. The maximum atomic E-state index is 13.0. The van der Waals surface area contributed by atoms with Crippen molar-refractivity contribution >= 4 is 57.4 Å². The van der Waals surface area contributed by atoms with Gasteiger partial charge in [-0.2, -0.15) is 0 Å². The molecule has 0 aliphatic carbocycles. The van der Waals surface area contributed by atoms with Gasteiger partial charge in [0.05, 0.1) is 5.52 Å². The SMILES string of the molecule is CSc1cc(C)nc2ccc(NC(=O)c3cccc(OCc4cncc5ccccc45)c3)cc12.Cl. The number of halogens is 1. The van der Waals surface area contributed by atoms with Crippen molar-refractivity contribution in [2.75, 3.05) is 11.6 Å². The number of carbonyl (C=O) groups is 1. The number of aryl methyl sites for hydroxylation is 1. The van der Waals surface area contributed by atoms with Crippen molar-refractivity contribution in [1.82, 2.24) is 9.97 Å². The number of nitrogens with one attached hydrogen (secondary N) is 1. The van der Waals surface area contributed by atoms with Crippen molar-refractivity contribution in [2.24, 2.45) is 0 Å². The van der Waals surface area contributed by atoms with Crippen LogP contribution in [-0.4, -0.2) is 22.1 Å². The summed E-state index contributed by atoms with van der Waals surface area (Å²) in [7, 11) is 0. The molecule has 35 heavy (non-hydrogen) atoms. The first kappa shape index (κ1) is 24.5. The standard InChI is InChI=1S/C28H23N3O2S.ClH/c1-18-12-27(34-2)25-14-22(10-11-26(25)30-18)31-28(32)19-7-5-8-23(13-19)33-17-21-16-29-15-20-6-3-4-9-24(20)21;/h3-16H,17H2,1-2H3,(H,31,32);1H. The number of carbonyl (C=O) groups excluding carboxylic acids is 1. The van der Waals surface area contributed by atoms with E-state index in [0.717, 1.165) is 43.5 Å². The molecule has 5 nitrogen and oxygen atoms in total. The lowest BCUT2D eigenvalue weighted by Gasteiger charge is -2.11. The van der Waals surface area contributed by atoms with Gasteiger partial charge in [-0.3, -0.25) is 14.8 Å². The number of rotatable bonds is 6. The summed E-state index contributed by atoms with van der Waals surface area (Å²) in [6.07, 6.45) is 5.70. The van der Waals surface area contributed by atoms with Crippen molar-refractivity contribution < 1.29 is 9.53 Å². The Balaban J connectivity index is 0.00000289. The van der Waals surface area contributed by atoms with Crippen molar-refractivity contribution in [3.05, 3.63) is 102 Å². The number of benzene rings is 3. The molecule has 0 aliphatic heterocycles. The Morgan fingerprint density at radius 3 is 2.69 bits per heavy atom. The Hall–Kier alpha value is -3.61. The monoisotopic (exact) mass is 501 g/mol. The number of nitrogens with zero attached hydrogens (tertiary/aromatic N) is 2. The maximum absolute atomic E-state index is 13.0. The number of fused-ring (bicyclic) bond motifs is 2. The van der Waals surface area contributed by atoms with E-state index in [9.17, 15) is 4.79 Å². The predicted octanol–water partition coefficient (Wildman–Crippen LogP) is 7.07. The lowest BCUT2D eigenvalue weighted by atomic mass is 10.1. The van der Waals surface area contributed by atoms with Gasteiger partial charge in [-0.15, -0.1) is 24.2 Å². The average molecular weight is 502 g/mol. The van der Waals surface area contributed by atoms with Gasteiger partial charge in [0.15, 0.2) is 0 Å². The smallest absolute Gasteiger partial charge is 0.255 e.